The van der Waals surface area contributed by atoms with Gasteiger partial charge in [-0.15, -0.1) is 0 Å². The predicted molar refractivity (Wildman–Crippen MR) is 160 cm³/mol. The summed E-state index contributed by atoms with van der Waals surface area (Å²) in [5.41, 5.74) is 2.01. The summed E-state index contributed by atoms with van der Waals surface area (Å²) >= 11 is 0. The van der Waals surface area contributed by atoms with Crippen LogP contribution >= 0.6 is 0 Å². The lowest BCUT2D eigenvalue weighted by Crippen LogP contribution is -2.51. The number of unbranched alkanes of at least 4 members (excludes halogenated alkanes) is 1. The summed E-state index contributed by atoms with van der Waals surface area (Å²) in [6, 6.07) is 19.4. The van der Waals surface area contributed by atoms with E-state index in [1.807, 2.05) is 38.1 Å². The average Bonchev–Trinajstić information content (AvgIpc) is 2.99. The number of carbonyl (C=O) groups is 2. The molecular formula is C31H39N3O6S. The van der Waals surface area contributed by atoms with Gasteiger partial charge >= 0.3 is 0 Å². The molecule has 0 radical (unpaired) electrons. The molecule has 0 saturated carbocycles. The molecule has 10 heteroatoms. The number of rotatable bonds is 14. The Morgan fingerprint density at radius 1 is 0.951 bits per heavy atom. The number of hydrogen-bond acceptors (Lipinski definition) is 6. The maximum Gasteiger partial charge on any atom is 0.264 e. The van der Waals surface area contributed by atoms with Crippen LogP contribution in [0.15, 0.2) is 77.7 Å². The van der Waals surface area contributed by atoms with Gasteiger partial charge in [-0.25, -0.2) is 8.42 Å². The number of ether oxygens (including phenoxy) is 2. The molecule has 0 heterocycles. The highest BCUT2D eigenvalue weighted by atomic mass is 32.2. The predicted octanol–water partition coefficient (Wildman–Crippen LogP) is 4.54. The van der Waals surface area contributed by atoms with Crippen LogP contribution in [-0.2, 0) is 26.2 Å². The normalized spacial score (nSPS) is 11.8. The van der Waals surface area contributed by atoms with E-state index in [0.717, 1.165) is 28.3 Å². The van der Waals surface area contributed by atoms with E-state index in [2.05, 4.69) is 5.32 Å². The summed E-state index contributed by atoms with van der Waals surface area (Å²) in [4.78, 5) is 28.6. The Bertz CT molecular complexity index is 1410. The lowest BCUT2D eigenvalue weighted by molar-refractivity contribution is -0.139. The topological polar surface area (TPSA) is 105 Å². The van der Waals surface area contributed by atoms with Crippen molar-refractivity contribution < 1.29 is 27.5 Å². The van der Waals surface area contributed by atoms with Crippen LogP contribution in [0.4, 0.5) is 5.69 Å². The van der Waals surface area contributed by atoms with Gasteiger partial charge < -0.3 is 19.7 Å². The molecule has 3 aromatic carbocycles. The van der Waals surface area contributed by atoms with Crippen LogP contribution in [0.1, 0.15) is 37.8 Å². The minimum Gasteiger partial charge on any atom is -0.497 e. The Balaban J connectivity index is 2.07. The molecule has 0 saturated heterocycles. The highest BCUT2D eigenvalue weighted by Crippen LogP contribution is 2.36. The van der Waals surface area contributed by atoms with E-state index in [9.17, 15) is 18.0 Å². The van der Waals surface area contributed by atoms with Gasteiger partial charge in [0.05, 0.1) is 24.8 Å². The van der Waals surface area contributed by atoms with Gasteiger partial charge in [0.15, 0.2) is 0 Å². The van der Waals surface area contributed by atoms with Gasteiger partial charge in [0.2, 0.25) is 11.8 Å². The Morgan fingerprint density at radius 3 is 2.24 bits per heavy atom. The molecule has 1 N–H and O–H groups in total. The quantitative estimate of drug-likeness (QED) is 0.280. The summed E-state index contributed by atoms with van der Waals surface area (Å²) in [5.74, 6) is -0.223. The number of methoxy groups -OCH3 is 2. The van der Waals surface area contributed by atoms with Crippen LogP contribution in [0.2, 0.25) is 0 Å². The number of carbonyl (C=O) groups excluding carboxylic acids is 2. The minimum absolute atomic E-state index is 0.00751. The maximum absolute atomic E-state index is 14.1. The average molecular weight is 582 g/mol. The van der Waals surface area contributed by atoms with Gasteiger partial charge in [-0.2, -0.15) is 0 Å². The Kier molecular flexibility index (Phi) is 11.2. The Morgan fingerprint density at radius 2 is 1.63 bits per heavy atom. The molecule has 3 rings (SSSR count). The second-order valence-electron chi connectivity index (χ2n) is 9.69. The van der Waals surface area contributed by atoms with E-state index >= 15 is 0 Å². The molecule has 0 aliphatic carbocycles. The molecule has 0 spiro atoms. The van der Waals surface area contributed by atoms with Gasteiger partial charge in [-0.1, -0.05) is 61.4 Å². The zero-order valence-electron chi connectivity index (χ0n) is 24.3. The van der Waals surface area contributed by atoms with Crippen molar-refractivity contribution in [1.29, 1.82) is 0 Å². The fraction of sp³-hybridized carbons (Fsp3) is 0.355. The van der Waals surface area contributed by atoms with E-state index < -0.39 is 28.5 Å². The van der Waals surface area contributed by atoms with E-state index in [1.165, 1.54) is 37.3 Å². The zero-order valence-corrected chi connectivity index (χ0v) is 25.1. The molecule has 1 atom stereocenters. The van der Waals surface area contributed by atoms with Crippen molar-refractivity contribution in [2.24, 2.45) is 0 Å². The number of amides is 2. The molecule has 0 aromatic heterocycles. The summed E-state index contributed by atoms with van der Waals surface area (Å²) < 4.78 is 39.9. The van der Waals surface area contributed by atoms with Crippen molar-refractivity contribution in [3.05, 3.63) is 83.9 Å². The van der Waals surface area contributed by atoms with E-state index in [-0.39, 0.29) is 28.8 Å². The lowest BCUT2D eigenvalue weighted by Gasteiger charge is -2.32. The third kappa shape index (κ3) is 8.00. The standard InChI is InChI=1S/C31H39N3O6S/c1-6-7-19-32-31(36)24(3)33(21-25-15-13-23(2)14-16-25)30(35)22-34(41(37,38)27-11-9-8-10-12-27)28-20-26(39-4)17-18-29(28)40-5/h8-18,20,24H,6-7,19,21-22H2,1-5H3,(H,32,36)/t24-/m1/s1. The molecular weight excluding hydrogens is 542 g/mol. The van der Waals surface area contributed by atoms with E-state index in [0.29, 0.717) is 12.3 Å². The molecule has 0 aliphatic rings. The van der Waals surface area contributed by atoms with Gasteiger partial charge in [0, 0.05) is 19.2 Å². The molecule has 9 nitrogen and oxygen atoms in total. The van der Waals surface area contributed by atoms with Crippen LogP contribution in [0.3, 0.4) is 0 Å². The summed E-state index contributed by atoms with van der Waals surface area (Å²) in [5, 5.41) is 2.89. The van der Waals surface area contributed by atoms with Crippen LogP contribution in [0, 0.1) is 6.92 Å². The largest absolute Gasteiger partial charge is 0.497 e. The van der Waals surface area contributed by atoms with Crippen LogP contribution in [0.5, 0.6) is 11.5 Å². The fourth-order valence-electron chi connectivity index (χ4n) is 4.23. The first-order valence-corrected chi connectivity index (χ1v) is 15.0. The molecule has 0 bridgehead atoms. The van der Waals surface area contributed by atoms with Gasteiger partial charge in [-0.05, 0) is 50.1 Å². The number of sulfonamides is 1. The van der Waals surface area contributed by atoms with Gasteiger partial charge in [0.1, 0.15) is 24.1 Å². The lowest BCUT2D eigenvalue weighted by atomic mass is 10.1. The molecule has 41 heavy (non-hydrogen) atoms. The van der Waals surface area contributed by atoms with Crippen molar-refractivity contribution in [1.82, 2.24) is 10.2 Å². The first-order chi connectivity index (χ1) is 19.6. The Labute approximate surface area is 243 Å². The smallest absolute Gasteiger partial charge is 0.264 e. The summed E-state index contributed by atoms with van der Waals surface area (Å²) in [7, 11) is -1.34. The third-order valence-corrected chi connectivity index (χ3v) is 8.51. The molecule has 2 amide bonds. The zero-order chi connectivity index (χ0) is 30.0. The SMILES string of the molecule is CCCCNC(=O)[C@@H](C)N(Cc1ccc(C)cc1)C(=O)CN(c1cc(OC)ccc1OC)S(=O)(=O)c1ccccc1. The molecule has 220 valence electrons. The highest BCUT2D eigenvalue weighted by molar-refractivity contribution is 7.92. The second-order valence-corrected chi connectivity index (χ2v) is 11.6. The van der Waals surface area contributed by atoms with Gasteiger partial charge in [0.25, 0.3) is 10.0 Å². The van der Waals surface area contributed by atoms with Crippen LogP contribution in [-0.4, -0.2) is 58.5 Å². The molecule has 0 aliphatic heterocycles. The van der Waals surface area contributed by atoms with E-state index in [1.54, 1.807) is 37.3 Å². The second kappa shape index (κ2) is 14.5. The number of nitrogens with one attached hydrogen (secondary N) is 1. The summed E-state index contributed by atoms with van der Waals surface area (Å²) in [6.45, 7) is 5.67. The number of nitrogens with zero attached hydrogens (tertiary/aromatic N) is 2. The summed E-state index contributed by atoms with van der Waals surface area (Å²) in [6.07, 6.45) is 1.72. The van der Waals surface area contributed by atoms with Crippen molar-refractivity contribution in [3.8, 4) is 11.5 Å². The highest BCUT2D eigenvalue weighted by Gasteiger charge is 2.34. The van der Waals surface area contributed by atoms with Crippen molar-refractivity contribution in [2.75, 3.05) is 31.6 Å². The van der Waals surface area contributed by atoms with Crippen LogP contribution < -0.4 is 19.1 Å². The molecule has 3 aromatic rings. The molecule has 0 fully saturated rings. The first kappa shape index (κ1) is 31.5. The number of hydrogen-bond donors (Lipinski definition) is 1. The number of anilines is 1. The first-order valence-electron chi connectivity index (χ1n) is 13.5. The Hall–Kier alpha value is -4.05. The third-order valence-electron chi connectivity index (χ3n) is 6.74. The fourth-order valence-corrected chi connectivity index (χ4v) is 5.67. The van der Waals surface area contributed by atoms with Crippen molar-refractivity contribution >= 4 is 27.5 Å². The van der Waals surface area contributed by atoms with Gasteiger partial charge in [-0.3, -0.25) is 13.9 Å². The van der Waals surface area contributed by atoms with Crippen molar-refractivity contribution in [3.63, 3.8) is 0 Å². The number of benzene rings is 3. The maximum atomic E-state index is 14.1. The number of aryl methyl sites for hydroxylation is 1. The monoisotopic (exact) mass is 581 g/mol. The van der Waals surface area contributed by atoms with Crippen LogP contribution in [0.25, 0.3) is 0 Å². The molecule has 0 unspecified atom stereocenters. The van der Waals surface area contributed by atoms with E-state index in [4.69, 9.17) is 9.47 Å². The van der Waals surface area contributed by atoms with Crippen molar-refractivity contribution in [2.45, 2.75) is 51.1 Å². The minimum atomic E-state index is -4.23.